The van der Waals surface area contributed by atoms with Crippen LogP contribution in [0.1, 0.15) is 21.6 Å². The highest BCUT2D eigenvalue weighted by Crippen LogP contribution is 2.23. The molecule has 0 fully saturated rings. The van der Waals surface area contributed by atoms with Crippen molar-refractivity contribution in [2.24, 2.45) is 7.05 Å². The van der Waals surface area contributed by atoms with Crippen molar-refractivity contribution >= 4 is 17.4 Å². The third-order valence-electron chi connectivity index (χ3n) is 2.96. The monoisotopic (exact) mass is 260 g/mol. The second-order valence-electron chi connectivity index (χ2n) is 4.42. The van der Waals surface area contributed by atoms with Gasteiger partial charge in [0, 0.05) is 12.6 Å². The number of anilines is 2. The second kappa shape index (κ2) is 4.64. The van der Waals surface area contributed by atoms with Crippen molar-refractivity contribution in [1.29, 1.82) is 0 Å². The van der Waals surface area contributed by atoms with Crippen molar-refractivity contribution in [2.75, 3.05) is 11.1 Å². The van der Waals surface area contributed by atoms with Crippen molar-refractivity contribution in [3.8, 4) is 5.75 Å². The minimum absolute atomic E-state index is 0.130. The molecule has 0 unspecified atom stereocenters. The normalized spacial score (nSPS) is 10.5. The SMILES string of the molecule is Cc1cc(O)ccc1C(=O)Nc1c(N)c(C)nn1C. The second-order valence-corrected chi connectivity index (χ2v) is 4.42. The molecule has 0 saturated heterocycles. The lowest BCUT2D eigenvalue weighted by Gasteiger charge is -2.09. The highest BCUT2D eigenvalue weighted by atomic mass is 16.3. The van der Waals surface area contributed by atoms with E-state index in [-0.39, 0.29) is 11.7 Å². The van der Waals surface area contributed by atoms with Crippen LogP contribution in [0.5, 0.6) is 5.75 Å². The molecule has 19 heavy (non-hydrogen) atoms. The molecule has 1 heterocycles. The highest BCUT2D eigenvalue weighted by molar-refractivity contribution is 6.06. The van der Waals surface area contributed by atoms with Gasteiger partial charge in [0.1, 0.15) is 5.75 Å². The third kappa shape index (κ3) is 2.37. The molecule has 4 N–H and O–H groups in total. The number of hydrogen-bond acceptors (Lipinski definition) is 4. The summed E-state index contributed by atoms with van der Waals surface area (Å²) in [5.74, 6) is 0.312. The fraction of sp³-hybridized carbons (Fsp3) is 0.231. The summed E-state index contributed by atoms with van der Waals surface area (Å²) < 4.78 is 1.53. The van der Waals surface area contributed by atoms with E-state index in [0.29, 0.717) is 28.3 Å². The van der Waals surface area contributed by atoms with E-state index in [1.165, 1.54) is 16.8 Å². The number of aryl methyl sites for hydroxylation is 3. The Labute approximate surface area is 110 Å². The van der Waals surface area contributed by atoms with Crippen LogP contribution >= 0.6 is 0 Å². The molecule has 6 heteroatoms. The van der Waals surface area contributed by atoms with Gasteiger partial charge in [0.15, 0.2) is 5.82 Å². The van der Waals surface area contributed by atoms with Crippen molar-refractivity contribution in [1.82, 2.24) is 9.78 Å². The van der Waals surface area contributed by atoms with Crippen LogP contribution in [0.4, 0.5) is 11.5 Å². The minimum Gasteiger partial charge on any atom is -0.508 e. The summed E-state index contributed by atoms with van der Waals surface area (Å²) in [5, 5.41) is 16.2. The van der Waals surface area contributed by atoms with Crippen molar-refractivity contribution < 1.29 is 9.90 Å². The van der Waals surface area contributed by atoms with Gasteiger partial charge in [-0.05, 0) is 37.6 Å². The zero-order chi connectivity index (χ0) is 14.2. The minimum atomic E-state index is -0.285. The molecule has 0 aliphatic heterocycles. The molecule has 2 rings (SSSR count). The molecule has 1 amide bonds. The highest BCUT2D eigenvalue weighted by Gasteiger charge is 2.15. The molecule has 1 aromatic carbocycles. The summed E-state index contributed by atoms with van der Waals surface area (Å²) in [6.07, 6.45) is 0. The van der Waals surface area contributed by atoms with Crippen LogP contribution in [0.25, 0.3) is 0 Å². The Morgan fingerprint density at radius 1 is 1.42 bits per heavy atom. The molecule has 0 radical (unpaired) electrons. The average Bonchev–Trinajstić information content (AvgIpc) is 2.56. The molecule has 0 atom stereocenters. The van der Waals surface area contributed by atoms with Crippen molar-refractivity contribution in [3.63, 3.8) is 0 Å². The van der Waals surface area contributed by atoms with Crippen molar-refractivity contribution in [2.45, 2.75) is 13.8 Å². The van der Waals surface area contributed by atoms with Gasteiger partial charge in [0.25, 0.3) is 5.91 Å². The summed E-state index contributed by atoms with van der Waals surface area (Å²) >= 11 is 0. The number of nitrogens with two attached hydrogens (primary N) is 1. The van der Waals surface area contributed by atoms with Gasteiger partial charge in [-0.25, -0.2) is 0 Å². The molecule has 0 aliphatic carbocycles. The van der Waals surface area contributed by atoms with Crippen LogP contribution in [0.3, 0.4) is 0 Å². The maximum Gasteiger partial charge on any atom is 0.257 e. The molecule has 2 aromatic rings. The van der Waals surface area contributed by atoms with E-state index in [1.54, 1.807) is 27.0 Å². The first kappa shape index (κ1) is 12.9. The van der Waals surface area contributed by atoms with Gasteiger partial charge in [0.05, 0.1) is 11.4 Å². The predicted molar refractivity (Wildman–Crippen MR) is 73.2 cm³/mol. The van der Waals surface area contributed by atoms with Crippen LogP contribution in [-0.4, -0.2) is 20.8 Å². The van der Waals surface area contributed by atoms with Crippen LogP contribution in [0, 0.1) is 13.8 Å². The number of nitrogens with zero attached hydrogens (tertiary/aromatic N) is 2. The molecule has 100 valence electrons. The van der Waals surface area contributed by atoms with Gasteiger partial charge < -0.3 is 16.2 Å². The zero-order valence-corrected chi connectivity index (χ0v) is 11.1. The maximum atomic E-state index is 12.2. The van der Waals surface area contributed by atoms with E-state index in [0.717, 1.165) is 0 Å². The largest absolute Gasteiger partial charge is 0.508 e. The van der Waals surface area contributed by atoms with Gasteiger partial charge in [-0.15, -0.1) is 0 Å². The molecule has 6 nitrogen and oxygen atoms in total. The number of rotatable bonds is 2. The Bertz CT molecular complexity index is 646. The number of carbonyl (C=O) groups is 1. The van der Waals surface area contributed by atoms with Crippen LogP contribution in [0.2, 0.25) is 0 Å². The number of nitrogens with one attached hydrogen (secondary N) is 1. The van der Waals surface area contributed by atoms with E-state index in [2.05, 4.69) is 10.4 Å². The first-order chi connectivity index (χ1) is 8.90. The number of phenols is 1. The van der Waals surface area contributed by atoms with Gasteiger partial charge in [-0.3, -0.25) is 9.48 Å². The number of aromatic nitrogens is 2. The zero-order valence-electron chi connectivity index (χ0n) is 11.1. The fourth-order valence-corrected chi connectivity index (χ4v) is 1.90. The molecular weight excluding hydrogens is 244 g/mol. The van der Waals surface area contributed by atoms with E-state index in [9.17, 15) is 9.90 Å². The van der Waals surface area contributed by atoms with Crippen LogP contribution < -0.4 is 11.1 Å². The van der Waals surface area contributed by atoms with E-state index >= 15 is 0 Å². The maximum absolute atomic E-state index is 12.2. The standard InChI is InChI=1S/C13H16N4O2/c1-7-6-9(18)4-5-10(7)13(19)15-12-11(14)8(2)16-17(12)3/h4-6,18H,14H2,1-3H3,(H,15,19). The van der Waals surface area contributed by atoms with Crippen LogP contribution in [0.15, 0.2) is 18.2 Å². The predicted octanol–water partition coefficient (Wildman–Crippen LogP) is 1.58. The number of phenolic OH excluding ortho intramolecular Hbond substituents is 1. The van der Waals surface area contributed by atoms with E-state index in [4.69, 9.17) is 5.73 Å². The summed E-state index contributed by atoms with van der Waals surface area (Å²) in [4.78, 5) is 12.2. The van der Waals surface area contributed by atoms with Gasteiger partial charge >= 0.3 is 0 Å². The Kier molecular flexibility index (Phi) is 3.16. The summed E-state index contributed by atoms with van der Waals surface area (Å²) in [6.45, 7) is 3.53. The number of hydrogen-bond donors (Lipinski definition) is 3. The Morgan fingerprint density at radius 2 is 2.11 bits per heavy atom. The Morgan fingerprint density at radius 3 is 2.63 bits per heavy atom. The molecular formula is C13H16N4O2. The number of nitrogen functional groups attached to an aromatic ring is 1. The lowest BCUT2D eigenvalue weighted by molar-refractivity contribution is 0.102. The summed E-state index contributed by atoms with van der Waals surface area (Å²) in [5.41, 5.74) is 8.14. The van der Waals surface area contributed by atoms with Gasteiger partial charge in [-0.2, -0.15) is 5.10 Å². The summed E-state index contributed by atoms with van der Waals surface area (Å²) in [6, 6.07) is 4.58. The first-order valence-corrected chi connectivity index (χ1v) is 5.80. The van der Waals surface area contributed by atoms with Gasteiger partial charge in [0.2, 0.25) is 0 Å². The fourth-order valence-electron chi connectivity index (χ4n) is 1.90. The Hall–Kier alpha value is -2.50. The Balaban J connectivity index is 2.31. The topological polar surface area (TPSA) is 93.2 Å². The van der Waals surface area contributed by atoms with Gasteiger partial charge in [-0.1, -0.05) is 0 Å². The smallest absolute Gasteiger partial charge is 0.257 e. The third-order valence-corrected chi connectivity index (χ3v) is 2.96. The number of aromatic hydroxyl groups is 1. The summed E-state index contributed by atoms with van der Waals surface area (Å²) in [7, 11) is 1.71. The van der Waals surface area contributed by atoms with Crippen LogP contribution in [-0.2, 0) is 7.05 Å². The molecule has 0 bridgehead atoms. The molecule has 0 spiro atoms. The number of benzene rings is 1. The molecule has 0 saturated carbocycles. The average molecular weight is 260 g/mol. The molecule has 0 aliphatic rings. The quantitative estimate of drug-likeness (QED) is 0.764. The number of carbonyl (C=O) groups excluding carboxylic acids is 1. The lowest BCUT2D eigenvalue weighted by Crippen LogP contribution is -2.16. The molecule has 1 aromatic heterocycles. The number of amides is 1. The lowest BCUT2D eigenvalue weighted by atomic mass is 10.1. The van der Waals surface area contributed by atoms with E-state index in [1.807, 2.05) is 0 Å². The van der Waals surface area contributed by atoms with Crippen molar-refractivity contribution in [3.05, 3.63) is 35.0 Å². The first-order valence-electron chi connectivity index (χ1n) is 5.80. The van der Waals surface area contributed by atoms with E-state index < -0.39 is 0 Å².